The average molecular weight is 260 g/mol. The minimum absolute atomic E-state index is 0.166. The number of rotatable bonds is 5. The van der Waals surface area contributed by atoms with Gasteiger partial charge in [0, 0.05) is 5.92 Å². The van der Waals surface area contributed by atoms with Gasteiger partial charge in [0.2, 0.25) is 11.7 Å². The van der Waals surface area contributed by atoms with E-state index in [1.165, 1.54) is 12.1 Å². The summed E-state index contributed by atoms with van der Waals surface area (Å²) >= 11 is 0. The van der Waals surface area contributed by atoms with Crippen LogP contribution < -0.4 is 4.74 Å². The lowest BCUT2D eigenvalue weighted by molar-refractivity contribution is 0.0696. The number of nitrogens with zero attached hydrogens (tertiary/aromatic N) is 2. The van der Waals surface area contributed by atoms with E-state index in [9.17, 15) is 4.79 Å². The molecule has 98 valence electrons. The summed E-state index contributed by atoms with van der Waals surface area (Å²) in [4.78, 5) is 15.0. The summed E-state index contributed by atoms with van der Waals surface area (Å²) in [5.74, 6) is 1.04. The van der Waals surface area contributed by atoms with Crippen LogP contribution in [0.5, 0.6) is 5.75 Å². The van der Waals surface area contributed by atoms with E-state index in [0.29, 0.717) is 23.4 Å². The van der Waals surface area contributed by atoms with E-state index in [0.717, 1.165) is 12.8 Å². The van der Waals surface area contributed by atoms with E-state index in [1.807, 2.05) is 0 Å². The number of hydrogen-bond donors (Lipinski definition) is 1. The van der Waals surface area contributed by atoms with Crippen LogP contribution in [0.2, 0.25) is 0 Å². The lowest BCUT2D eigenvalue weighted by Crippen LogP contribution is -2.00. The topological polar surface area (TPSA) is 85.5 Å². The third-order valence-corrected chi connectivity index (χ3v) is 2.86. The van der Waals surface area contributed by atoms with E-state index in [-0.39, 0.29) is 12.2 Å². The van der Waals surface area contributed by atoms with Crippen molar-refractivity contribution < 1.29 is 19.2 Å². The van der Waals surface area contributed by atoms with Crippen LogP contribution in [0.15, 0.2) is 28.8 Å². The third kappa shape index (κ3) is 2.73. The van der Waals surface area contributed by atoms with Crippen LogP contribution in [-0.4, -0.2) is 21.2 Å². The molecule has 0 saturated heterocycles. The van der Waals surface area contributed by atoms with Gasteiger partial charge < -0.3 is 14.4 Å². The Balaban J connectivity index is 1.64. The van der Waals surface area contributed by atoms with Crippen LogP contribution in [0.1, 0.15) is 40.8 Å². The number of carboxylic acid groups (broad SMARTS) is 1. The summed E-state index contributed by atoms with van der Waals surface area (Å²) in [6, 6.07) is 6.29. The van der Waals surface area contributed by atoms with E-state index < -0.39 is 5.97 Å². The molecule has 1 N–H and O–H groups in total. The fraction of sp³-hybridized carbons (Fsp3) is 0.308. The fourth-order valence-corrected chi connectivity index (χ4v) is 1.69. The van der Waals surface area contributed by atoms with Crippen LogP contribution >= 0.6 is 0 Å². The van der Waals surface area contributed by atoms with Crippen molar-refractivity contribution >= 4 is 5.97 Å². The van der Waals surface area contributed by atoms with Crippen molar-refractivity contribution in [2.45, 2.75) is 25.4 Å². The summed E-state index contributed by atoms with van der Waals surface area (Å²) < 4.78 is 10.6. The maximum Gasteiger partial charge on any atom is 0.335 e. The molecule has 1 aromatic heterocycles. The standard InChI is InChI=1S/C13H12N2O4/c16-13(17)9-2-1-3-10(6-9)18-7-11-14-12(19-15-11)8-4-5-8/h1-3,6,8H,4-5,7H2,(H,16,17). The molecule has 1 fully saturated rings. The highest BCUT2D eigenvalue weighted by Gasteiger charge is 2.29. The zero-order valence-corrected chi connectivity index (χ0v) is 10.1. The van der Waals surface area contributed by atoms with Gasteiger partial charge in [0.1, 0.15) is 5.75 Å². The summed E-state index contributed by atoms with van der Waals surface area (Å²) in [6.07, 6.45) is 2.20. The van der Waals surface area contributed by atoms with Crippen LogP contribution in [0, 0.1) is 0 Å². The predicted octanol–water partition coefficient (Wildman–Crippen LogP) is 2.22. The molecule has 6 nitrogen and oxygen atoms in total. The van der Waals surface area contributed by atoms with Gasteiger partial charge in [-0.1, -0.05) is 11.2 Å². The summed E-state index contributed by atoms with van der Waals surface area (Å²) in [6.45, 7) is 0.166. The molecule has 1 heterocycles. The zero-order valence-electron chi connectivity index (χ0n) is 10.1. The first-order chi connectivity index (χ1) is 9.22. The number of benzene rings is 1. The first-order valence-electron chi connectivity index (χ1n) is 6.01. The number of ether oxygens (including phenoxy) is 1. The summed E-state index contributed by atoms with van der Waals surface area (Å²) in [5.41, 5.74) is 0.185. The molecule has 0 atom stereocenters. The van der Waals surface area contributed by atoms with Crippen LogP contribution in [0.4, 0.5) is 0 Å². The van der Waals surface area contributed by atoms with Crippen LogP contribution in [-0.2, 0) is 6.61 Å². The highest BCUT2D eigenvalue weighted by Crippen LogP contribution is 2.38. The lowest BCUT2D eigenvalue weighted by Gasteiger charge is -2.03. The molecule has 0 aliphatic heterocycles. The molecular formula is C13H12N2O4. The van der Waals surface area contributed by atoms with Crippen molar-refractivity contribution in [2.75, 3.05) is 0 Å². The van der Waals surface area contributed by atoms with Gasteiger partial charge in [0.15, 0.2) is 6.61 Å². The Morgan fingerprint density at radius 3 is 3.05 bits per heavy atom. The molecule has 1 saturated carbocycles. The highest BCUT2D eigenvalue weighted by atomic mass is 16.5. The smallest absolute Gasteiger partial charge is 0.335 e. The van der Waals surface area contributed by atoms with Crippen molar-refractivity contribution in [3.63, 3.8) is 0 Å². The Bertz CT molecular complexity index is 604. The second kappa shape index (κ2) is 4.72. The fourth-order valence-electron chi connectivity index (χ4n) is 1.69. The van der Waals surface area contributed by atoms with Gasteiger partial charge >= 0.3 is 5.97 Å². The zero-order chi connectivity index (χ0) is 13.2. The van der Waals surface area contributed by atoms with E-state index in [2.05, 4.69) is 10.1 Å². The van der Waals surface area contributed by atoms with Gasteiger partial charge in [0.05, 0.1) is 5.56 Å². The first kappa shape index (κ1) is 11.7. The minimum atomic E-state index is -0.985. The Morgan fingerprint density at radius 1 is 1.47 bits per heavy atom. The van der Waals surface area contributed by atoms with E-state index >= 15 is 0 Å². The third-order valence-electron chi connectivity index (χ3n) is 2.86. The molecular weight excluding hydrogens is 248 g/mol. The predicted molar refractivity (Wildman–Crippen MR) is 64.0 cm³/mol. The molecule has 0 amide bonds. The van der Waals surface area contributed by atoms with Crippen LogP contribution in [0.25, 0.3) is 0 Å². The van der Waals surface area contributed by atoms with Gasteiger partial charge in [-0.25, -0.2) is 4.79 Å². The first-order valence-corrected chi connectivity index (χ1v) is 6.01. The summed E-state index contributed by atoms with van der Waals surface area (Å²) in [5, 5.41) is 12.7. The lowest BCUT2D eigenvalue weighted by atomic mass is 10.2. The number of carboxylic acids is 1. The maximum atomic E-state index is 10.8. The molecule has 3 rings (SSSR count). The Morgan fingerprint density at radius 2 is 2.32 bits per heavy atom. The normalized spacial score (nSPS) is 14.3. The SMILES string of the molecule is O=C(O)c1cccc(OCc2noc(C3CC3)n2)c1. The van der Waals surface area contributed by atoms with Gasteiger partial charge in [0.25, 0.3) is 0 Å². The Kier molecular flexibility index (Phi) is 2.91. The van der Waals surface area contributed by atoms with Gasteiger partial charge in [-0.15, -0.1) is 0 Å². The van der Waals surface area contributed by atoms with Crippen molar-refractivity contribution in [3.8, 4) is 5.75 Å². The number of hydrogen-bond acceptors (Lipinski definition) is 5. The van der Waals surface area contributed by atoms with E-state index in [4.69, 9.17) is 14.4 Å². The molecule has 0 spiro atoms. The molecule has 2 aromatic rings. The molecule has 1 aliphatic carbocycles. The Labute approximate surface area is 109 Å². The van der Waals surface area contributed by atoms with Crippen LogP contribution in [0.3, 0.4) is 0 Å². The molecule has 0 bridgehead atoms. The molecule has 1 aliphatic rings. The van der Waals surface area contributed by atoms with Crippen molar-refractivity contribution in [1.82, 2.24) is 10.1 Å². The van der Waals surface area contributed by atoms with Gasteiger partial charge in [-0.05, 0) is 31.0 Å². The van der Waals surface area contributed by atoms with Crippen molar-refractivity contribution in [2.24, 2.45) is 0 Å². The van der Waals surface area contributed by atoms with Crippen molar-refractivity contribution in [3.05, 3.63) is 41.5 Å². The quantitative estimate of drug-likeness (QED) is 0.887. The molecule has 1 aromatic carbocycles. The summed E-state index contributed by atoms with van der Waals surface area (Å²) in [7, 11) is 0. The molecule has 0 radical (unpaired) electrons. The second-order valence-corrected chi connectivity index (χ2v) is 4.44. The Hall–Kier alpha value is -2.37. The van der Waals surface area contributed by atoms with E-state index in [1.54, 1.807) is 12.1 Å². The molecule has 19 heavy (non-hydrogen) atoms. The molecule has 0 unspecified atom stereocenters. The minimum Gasteiger partial charge on any atom is -0.485 e. The number of carbonyl (C=O) groups is 1. The number of aromatic carboxylic acids is 1. The monoisotopic (exact) mass is 260 g/mol. The highest BCUT2D eigenvalue weighted by molar-refractivity contribution is 5.87. The maximum absolute atomic E-state index is 10.8. The van der Waals surface area contributed by atoms with Gasteiger partial charge in [-0.3, -0.25) is 0 Å². The second-order valence-electron chi connectivity index (χ2n) is 4.44. The number of aromatic nitrogens is 2. The van der Waals surface area contributed by atoms with Gasteiger partial charge in [-0.2, -0.15) is 4.98 Å². The largest absolute Gasteiger partial charge is 0.485 e. The molecule has 6 heteroatoms. The average Bonchev–Trinajstić information content (AvgIpc) is 3.16. The van der Waals surface area contributed by atoms with Crippen molar-refractivity contribution in [1.29, 1.82) is 0 Å².